The summed E-state index contributed by atoms with van der Waals surface area (Å²) in [6, 6.07) is -0.613. The zero-order valence-corrected chi connectivity index (χ0v) is 13.7. The van der Waals surface area contributed by atoms with Crippen LogP contribution in [-0.4, -0.2) is 48.2 Å². The summed E-state index contributed by atoms with van der Waals surface area (Å²) in [5.41, 5.74) is -0.293. The van der Waals surface area contributed by atoms with Crippen molar-refractivity contribution in [3.63, 3.8) is 0 Å². The van der Waals surface area contributed by atoms with E-state index in [1.165, 1.54) is 6.92 Å². The SMILES string of the molecule is CC(=O)OC(=O)COC(=O)C(C)OC(=O)C(C)NC(C)(C)C. The molecule has 0 aromatic carbocycles. The Balaban J connectivity index is 4.27. The van der Waals surface area contributed by atoms with Gasteiger partial charge in [0.05, 0.1) is 0 Å². The Morgan fingerprint density at radius 2 is 1.59 bits per heavy atom. The Morgan fingerprint density at radius 1 is 1.05 bits per heavy atom. The Labute approximate surface area is 129 Å². The molecule has 8 heteroatoms. The Kier molecular flexibility index (Phi) is 7.72. The average molecular weight is 317 g/mol. The number of carbonyl (C=O) groups excluding carboxylic acids is 4. The van der Waals surface area contributed by atoms with E-state index in [0.29, 0.717) is 0 Å². The van der Waals surface area contributed by atoms with Gasteiger partial charge in [0.2, 0.25) is 0 Å². The molecule has 2 atom stereocenters. The summed E-state index contributed by atoms with van der Waals surface area (Å²) < 4.78 is 13.7. The van der Waals surface area contributed by atoms with E-state index in [2.05, 4.69) is 14.8 Å². The fourth-order valence-corrected chi connectivity index (χ4v) is 1.47. The Hall–Kier alpha value is -1.96. The topological polar surface area (TPSA) is 108 Å². The quantitative estimate of drug-likeness (QED) is 0.424. The van der Waals surface area contributed by atoms with Crippen LogP contribution in [0, 0.1) is 0 Å². The van der Waals surface area contributed by atoms with Gasteiger partial charge in [0, 0.05) is 12.5 Å². The second kappa shape index (κ2) is 8.47. The summed E-state index contributed by atoms with van der Waals surface area (Å²) in [5.74, 6) is -3.33. The molecule has 0 radical (unpaired) electrons. The molecule has 0 aliphatic heterocycles. The molecule has 0 aliphatic rings. The number of hydrogen-bond donors (Lipinski definition) is 1. The molecule has 0 rings (SSSR count). The highest BCUT2D eigenvalue weighted by Crippen LogP contribution is 2.04. The maximum Gasteiger partial charge on any atom is 0.351 e. The summed E-state index contributed by atoms with van der Waals surface area (Å²) in [4.78, 5) is 44.9. The molecule has 0 aromatic rings. The molecule has 0 heterocycles. The van der Waals surface area contributed by atoms with Gasteiger partial charge in [0.25, 0.3) is 0 Å². The number of esters is 4. The third kappa shape index (κ3) is 9.06. The maximum atomic E-state index is 11.8. The standard InChI is InChI=1S/C14H23NO7/c1-8(15-14(4,5)6)12(18)21-9(2)13(19)20-7-11(17)22-10(3)16/h8-9,15H,7H2,1-6H3. The molecule has 0 bridgehead atoms. The Morgan fingerprint density at radius 3 is 2.05 bits per heavy atom. The van der Waals surface area contributed by atoms with Crippen LogP contribution >= 0.6 is 0 Å². The molecule has 0 spiro atoms. The van der Waals surface area contributed by atoms with Crippen molar-refractivity contribution in [3.05, 3.63) is 0 Å². The second-order valence-corrected chi connectivity index (χ2v) is 5.77. The first kappa shape index (κ1) is 20.0. The van der Waals surface area contributed by atoms with Gasteiger partial charge in [-0.2, -0.15) is 0 Å². The zero-order valence-electron chi connectivity index (χ0n) is 13.7. The van der Waals surface area contributed by atoms with Gasteiger partial charge < -0.3 is 14.2 Å². The Bertz CT molecular complexity index is 439. The van der Waals surface area contributed by atoms with Crippen molar-refractivity contribution in [2.24, 2.45) is 0 Å². The van der Waals surface area contributed by atoms with Crippen molar-refractivity contribution in [3.8, 4) is 0 Å². The number of ether oxygens (including phenoxy) is 3. The third-order valence-electron chi connectivity index (χ3n) is 2.22. The normalized spacial score (nSPS) is 13.7. The predicted molar refractivity (Wildman–Crippen MR) is 75.6 cm³/mol. The molecule has 126 valence electrons. The summed E-state index contributed by atoms with van der Waals surface area (Å²) in [5, 5.41) is 3.00. The van der Waals surface area contributed by atoms with Crippen LogP contribution in [0.15, 0.2) is 0 Å². The highest BCUT2D eigenvalue weighted by Gasteiger charge is 2.26. The van der Waals surface area contributed by atoms with Crippen molar-refractivity contribution in [1.82, 2.24) is 5.32 Å². The minimum Gasteiger partial charge on any atom is -0.451 e. The van der Waals surface area contributed by atoms with Crippen LogP contribution in [0.1, 0.15) is 41.5 Å². The van der Waals surface area contributed by atoms with Gasteiger partial charge in [-0.1, -0.05) is 0 Å². The van der Waals surface area contributed by atoms with Crippen LogP contribution in [0.4, 0.5) is 0 Å². The van der Waals surface area contributed by atoms with E-state index in [9.17, 15) is 19.2 Å². The van der Waals surface area contributed by atoms with E-state index in [-0.39, 0.29) is 5.54 Å². The van der Waals surface area contributed by atoms with Gasteiger partial charge in [-0.3, -0.25) is 14.9 Å². The summed E-state index contributed by atoms with van der Waals surface area (Å²) in [6.45, 7) is 8.90. The van der Waals surface area contributed by atoms with Crippen LogP contribution in [0.3, 0.4) is 0 Å². The molecule has 0 saturated heterocycles. The van der Waals surface area contributed by atoms with Crippen molar-refractivity contribution in [2.75, 3.05) is 6.61 Å². The van der Waals surface area contributed by atoms with Gasteiger partial charge >= 0.3 is 23.9 Å². The molecule has 22 heavy (non-hydrogen) atoms. The lowest BCUT2D eigenvalue weighted by molar-refractivity contribution is -0.173. The second-order valence-electron chi connectivity index (χ2n) is 5.77. The lowest BCUT2D eigenvalue weighted by Crippen LogP contribution is -2.47. The van der Waals surface area contributed by atoms with Gasteiger partial charge in [-0.25, -0.2) is 9.59 Å². The minimum absolute atomic E-state index is 0.293. The van der Waals surface area contributed by atoms with Crippen LogP contribution in [-0.2, 0) is 33.4 Å². The zero-order chi connectivity index (χ0) is 17.5. The number of hydrogen-bond acceptors (Lipinski definition) is 8. The number of nitrogens with one attached hydrogen (secondary N) is 1. The fourth-order valence-electron chi connectivity index (χ4n) is 1.47. The summed E-state index contributed by atoms with van der Waals surface area (Å²) in [6.07, 6.45) is -1.18. The summed E-state index contributed by atoms with van der Waals surface area (Å²) >= 11 is 0. The molecule has 0 amide bonds. The lowest BCUT2D eigenvalue weighted by atomic mass is 10.1. The molecule has 1 N–H and O–H groups in total. The average Bonchev–Trinajstić information content (AvgIpc) is 2.32. The van der Waals surface area contributed by atoms with Crippen LogP contribution < -0.4 is 5.32 Å². The fraction of sp³-hybridized carbons (Fsp3) is 0.714. The van der Waals surface area contributed by atoms with Crippen LogP contribution in [0.25, 0.3) is 0 Å². The van der Waals surface area contributed by atoms with E-state index in [4.69, 9.17) is 4.74 Å². The molecule has 0 fully saturated rings. The monoisotopic (exact) mass is 317 g/mol. The molecule has 0 saturated carbocycles. The third-order valence-corrected chi connectivity index (χ3v) is 2.22. The van der Waals surface area contributed by atoms with Gasteiger partial charge in [0.15, 0.2) is 12.7 Å². The van der Waals surface area contributed by atoms with Crippen molar-refractivity contribution < 1.29 is 33.4 Å². The highest BCUT2D eigenvalue weighted by molar-refractivity contribution is 5.87. The molecular weight excluding hydrogens is 294 g/mol. The highest BCUT2D eigenvalue weighted by atomic mass is 16.6. The largest absolute Gasteiger partial charge is 0.451 e. The van der Waals surface area contributed by atoms with Crippen molar-refractivity contribution in [2.45, 2.75) is 59.2 Å². The molecule has 0 aliphatic carbocycles. The van der Waals surface area contributed by atoms with E-state index in [0.717, 1.165) is 6.92 Å². The van der Waals surface area contributed by atoms with E-state index in [1.54, 1.807) is 6.92 Å². The maximum absolute atomic E-state index is 11.8. The lowest BCUT2D eigenvalue weighted by Gasteiger charge is -2.25. The molecule has 8 nitrogen and oxygen atoms in total. The number of rotatable bonds is 6. The van der Waals surface area contributed by atoms with Gasteiger partial charge in [-0.05, 0) is 34.6 Å². The van der Waals surface area contributed by atoms with Gasteiger partial charge in [0.1, 0.15) is 6.04 Å². The van der Waals surface area contributed by atoms with Crippen molar-refractivity contribution in [1.29, 1.82) is 0 Å². The first-order valence-electron chi connectivity index (χ1n) is 6.78. The molecule has 0 aromatic heterocycles. The predicted octanol–water partition coefficient (Wildman–Crippen LogP) is 0.328. The molecular formula is C14H23NO7. The van der Waals surface area contributed by atoms with E-state index >= 15 is 0 Å². The smallest absolute Gasteiger partial charge is 0.351 e. The first-order valence-corrected chi connectivity index (χ1v) is 6.78. The van der Waals surface area contributed by atoms with Crippen LogP contribution in [0.2, 0.25) is 0 Å². The summed E-state index contributed by atoms with van der Waals surface area (Å²) in [7, 11) is 0. The van der Waals surface area contributed by atoms with Gasteiger partial charge in [-0.15, -0.1) is 0 Å². The molecule has 2 unspecified atom stereocenters. The number of carbonyl (C=O) groups is 4. The van der Waals surface area contributed by atoms with E-state index in [1.807, 2.05) is 20.8 Å². The van der Waals surface area contributed by atoms with E-state index < -0.39 is 42.6 Å². The van der Waals surface area contributed by atoms with Crippen LogP contribution in [0.5, 0.6) is 0 Å². The first-order chi connectivity index (χ1) is 9.92. The van der Waals surface area contributed by atoms with Crippen molar-refractivity contribution >= 4 is 23.9 Å². The minimum atomic E-state index is -1.18.